The lowest BCUT2D eigenvalue weighted by Crippen LogP contribution is -2.37. The number of hydrogen-bond acceptors (Lipinski definition) is 5. The average molecular weight is 342 g/mol. The Morgan fingerprint density at radius 1 is 1.32 bits per heavy atom. The van der Waals surface area contributed by atoms with Crippen LogP contribution in [0.3, 0.4) is 0 Å². The second kappa shape index (κ2) is 7.25. The monoisotopic (exact) mass is 342 g/mol. The second-order valence-corrected chi connectivity index (χ2v) is 7.04. The summed E-state index contributed by atoms with van der Waals surface area (Å²) in [6.07, 6.45) is 3.84. The predicted octanol–water partition coefficient (Wildman–Crippen LogP) is 3.19. The van der Waals surface area contributed by atoms with Crippen molar-refractivity contribution >= 4 is 11.7 Å². The number of hydrogen-bond donors (Lipinski definition) is 0. The highest BCUT2D eigenvalue weighted by atomic mass is 16.5. The van der Waals surface area contributed by atoms with E-state index in [4.69, 9.17) is 4.52 Å². The largest absolute Gasteiger partial charge is 0.361 e. The summed E-state index contributed by atoms with van der Waals surface area (Å²) in [7, 11) is 1.97. The molecule has 0 N–H and O–H groups in total. The van der Waals surface area contributed by atoms with Gasteiger partial charge in [0.1, 0.15) is 11.6 Å². The fourth-order valence-electron chi connectivity index (χ4n) is 3.18. The van der Waals surface area contributed by atoms with Crippen molar-refractivity contribution in [1.29, 1.82) is 0 Å². The third kappa shape index (κ3) is 3.83. The van der Waals surface area contributed by atoms with E-state index in [0.717, 1.165) is 48.8 Å². The number of amides is 1. The van der Waals surface area contributed by atoms with Crippen molar-refractivity contribution in [1.82, 2.24) is 15.0 Å². The molecule has 0 bridgehead atoms. The maximum Gasteiger partial charge on any atom is 0.255 e. The molecule has 0 spiro atoms. The maximum absolute atomic E-state index is 12.6. The summed E-state index contributed by atoms with van der Waals surface area (Å²) in [5, 5.41) is 3.98. The van der Waals surface area contributed by atoms with Crippen LogP contribution in [0.25, 0.3) is 0 Å². The minimum absolute atomic E-state index is 0.0827. The van der Waals surface area contributed by atoms with Crippen molar-refractivity contribution in [3.8, 4) is 0 Å². The molecule has 0 radical (unpaired) electrons. The molecule has 0 saturated carbocycles. The quantitative estimate of drug-likeness (QED) is 0.854. The first-order chi connectivity index (χ1) is 12.0. The van der Waals surface area contributed by atoms with Crippen molar-refractivity contribution in [2.75, 3.05) is 25.0 Å². The van der Waals surface area contributed by atoms with E-state index in [-0.39, 0.29) is 5.91 Å². The fourth-order valence-corrected chi connectivity index (χ4v) is 3.18. The minimum Gasteiger partial charge on any atom is -0.361 e. The summed E-state index contributed by atoms with van der Waals surface area (Å²) in [5.41, 5.74) is 2.63. The maximum atomic E-state index is 12.6. The Balaban J connectivity index is 1.66. The smallest absolute Gasteiger partial charge is 0.255 e. The van der Waals surface area contributed by atoms with Crippen LogP contribution in [0.15, 0.2) is 22.9 Å². The Kier molecular flexibility index (Phi) is 5.06. The van der Waals surface area contributed by atoms with Crippen molar-refractivity contribution in [3.63, 3.8) is 0 Å². The Hall–Kier alpha value is -2.37. The van der Waals surface area contributed by atoms with Gasteiger partial charge in [0, 0.05) is 38.4 Å². The van der Waals surface area contributed by atoms with Gasteiger partial charge in [0.25, 0.3) is 5.91 Å². The molecule has 134 valence electrons. The van der Waals surface area contributed by atoms with Crippen LogP contribution >= 0.6 is 0 Å². The zero-order valence-electron chi connectivity index (χ0n) is 15.5. The Labute approximate surface area is 148 Å². The van der Waals surface area contributed by atoms with Crippen molar-refractivity contribution in [2.45, 2.75) is 40.2 Å². The number of likely N-dealkylation sites (tertiary alicyclic amines) is 1. The number of rotatable bonds is 4. The zero-order chi connectivity index (χ0) is 18.0. The molecule has 1 amide bonds. The van der Waals surface area contributed by atoms with Crippen LogP contribution in [-0.4, -0.2) is 41.1 Å². The molecule has 1 fully saturated rings. The molecular weight excluding hydrogens is 316 g/mol. The summed E-state index contributed by atoms with van der Waals surface area (Å²) in [4.78, 5) is 21.0. The summed E-state index contributed by atoms with van der Waals surface area (Å²) in [6.45, 7) is 8.45. The van der Waals surface area contributed by atoms with Crippen LogP contribution in [0, 0.1) is 19.8 Å². The van der Waals surface area contributed by atoms with Crippen molar-refractivity contribution in [3.05, 3.63) is 40.9 Å². The molecule has 3 heterocycles. The molecule has 1 aliphatic heterocycles. The Morgan fingerprint density at radius 2 is 2.04 bits per heavy atom. The number of aryl methyl sites for hydroxylation is 2. The second-order valence-electron chi connectivity index (χ2n) is 7.04. The van der Waals surface area contributed by atoms with Gasteiger partial charge in [0.2, 0.25) is 0 Å². The summed E-state index contributed by atoms with van der Waals surface area (Å²) < 4.78 is 5.21. The standard InChI is InChI=1S/C19H26N4O2/c1-13-7-9-23(10-8-13)19(24)16-5-6-18(20-11-16)22(4)12-17-14(2)21-25-15(17)3/h5-6,11,13H,7-10,12H2,1-4H3. The van der Waals surface area contributed by atoms with Gasteiger partial charge in [-0.2, -0.15) is 0 Å². The van der Waals surface area contributed by atoms with Gasteiger partial charge in [-0.05, 0) is 44.7 Å². The van der Waals surface area contributed by atoms with Crippen molar-refractivity contribution < 1.29 is 9.32 Å². The lowest BCUT2D eigenvalue weighted by atomic mass is 9.99. The highest BCUT2D eigenvalue weighted by Gasteiger charge is 2.22. The number of aromatic nitrogens is 2. The Bertz CT molecular complexity index is 711. The third-order valence-electron chi connectivity index (χ3n) is 5.03. The van der Waals surface area contributed by atoms with Gasteiger partial charge in [-0.25, -0.2) is 4.98 Å². The summed E-state index contributed by atoms with van der Waals surface area (Å²) in [6, 6.07) is 3.77. The van der Waals surface area contributed by atoms with Gasteiger partial charge in [-0.1, -0.05) is 12.1 Å². The van der Waals surface area contributed by atoms with Crippen LogP contribution in [0.2, 0.25) is 0 Å². The van der Waals surface area contributed by atoms with E-state index in [9.17, 15) is 4.79 Å². The van der Waals surface area contributed by atoms with E-state index in [1.165, 1.54) is 0 Å². The van der Waals surface area contributed by atoms with Crippen LogP contribution in [-0.2, 0) is 6.54 Å². The first-order valence-electron chi connectivity index (χ1n) is 8.84. The van der Waals surface area contributed by atoms with Gasteiger partial charge < -0.3 is 14.3 Å². The molecule has 1 aliphatic rings. The highest BCUT2D eigenvalue weighted by molar-refractivity contribution is 5.94. The first-order valence-corrected chi connectivity index (χ1v) is 8.84. The third-order valence-corrected chi connectivity index (χ3v) is 5.03. The van der Waals surface area contributed by atoms with Gasteiger partial charge in [0.15, 0.2) is 0 Å². The molecule has 0 aromatic carbocycles. The molecular formula is C19H26N4O2. The lowest BCUT2D eigenvalue weighted by molar-refractivity contribution is 0.0697. The van der Waals surface area contributed by atoms with E-state index in [1.54, 1.807) is 6.20 Å². The van der Waals surface area contributed by atoms with E-state index < -0.39 is 0 Å². The molecule has 0 aliphatic carbocycles. The first kappa shape index (κ1) is 17.5. The molecule has 6 nitrogen and oxygen atoms in total. The Morgan fingerprint density at radius 3 is 2.60 bits per heavy atom. The van der Waals surface area contributed by atoms with E-state index in [1.807, 2.05) is 42.8 Å². The van der Waals surface area contributed by atoms with Crippen LogP contribution < -0.4 is 4.90 Å². The minimum atomic E-state index is 0.0827. The molecule has 6 heteroatoms. The molecule has 25 heavy (non-hydrogen) atoms. The molecule has 0 atom stereocenters. The highest BCUT2D eigenvalue weighted by Crippen LogP contribution is 2.20. The topological polar surface area (TPSA) is 62.5 Å². The number of carbonyl (C=O) groups is 1. The molecule has 2 aromatic heterocycles. The number of piperidine rings is 1. The van der Waals surface area contributed by atoms with E-state index >= 15 is 0 Å². The molecule has 2 aromatic rings. The molecule has 0 unspecified atom stereocenters. The summed E-state index contributed by atoms with van der Waals surface area (Å²) >= 11 is 0. The average Bonchev–Trinajstić information content (AvgIpc) is 2.94. The van der Waals surface area contributed by atoms with Crippen molar-refractivity contribution in [2.24, 2.45) is 5.92 Å². The van der Waals surface area contributed by atoms with Gasteiger partial charge in [-0.3, -0.25) is 4.79 Å². The SMILES string of the molecule is Cc1noc(C)c1CN(C)c1ccc(C(=O)N2CCC(C)CC2)cn1. The van der Waals surface area contributed by atoms with Crippen LogP contribution in [0.5, 0.6) is 0 Å². The van der Waals surface area contributed by atoms with Crippen LogP contribution in [0.4, 0.5) is 5.82 Å². The van der Waals surface area contributed by atoms with Gasteiger partial charge in [0.05, 0.1) is 11.3 Å². The fraction of sp³-hybridized carbons (Fsp3) is 0.526. The van der Waals surface area contributed by atoms with Gasteiger partial charge >= 0.3 is 0 Å². The van der Waals surface area contributed by atoms with E-state index in [0.29, 0.717) is 18.0 Å². The number of carbonyl (C=O) groups excluding carboxylic acids is 1. The number of pyridine rings is 1. The normalized spacial score (nSPS) is 15.4. The molecule has 1 saturated heterocycles. The van der Waals surface area contributed by atoms with Crippen LogP contribution in [0.1, 0.15) is 47.1 Å². The molecule has 3 rings (SSSR count). The van der Waals surface area contributed by atoms with E-state index in [2.05, 4.69) is 17.1 Å². The number of anilines is 1. The number of nitrogens with zero attached hydrogens (tertiary/aromatic N) is 4. The predicted molar refractivity (Wildman–Crippen MR) is 96.6 cm³/mol. The van der Waals surface area contributed by atoms with Gasteiger partial charge in [-0.15, -0.1) is 0 Å². The summed E-state index contributed by atoms with van der Waals surface area (Å²) in [5.74, 6) is 2.45. The zero-order valence-corrected chi connectivity index (χ0v) is 15.5. The lowest BCUT2D eigenvalue weighted by Gasteiger charge is -2.30.